The number of alkyl halides is 1. The van der Waals surface area contributed by atoms with Gasteiger partial charge >= 0.3 is 0 Å². The average molecular weight is 285 g/mol. The van der Waals surface area contributed by atoms with Gasteiger partial charge in [-0.1, -0.05) is 22.9 Å². The quantitative estimate of drug-likeness (QED) is 0.773. The van der Waals surface area contributed by atoms with Crippen molar-refractivity contribution in [3.05, 3.63) is 17.5 Å². The van der Waals surface area contributed by atoms with E-state index in [1.54, 1.807) is 0 Å². The molecule has 0 aliphatic heterocycles. The molecule has 0 bridgehead atoms. The highest BCUT2D eigenvalue weighted by atomic mass is 79.9. The lowest BCUT2D eigenvalue weighted by atomic mass is 10.0. The predicted molar refractivity (Wildman–Crippen MR) is 71.0 cm³/mol. The fourth-order valence-electron chi connectivity index (χ4n) is 2.62. The molecule has 2 atom stereocenters. The highest BCUT2D eigenvalue weighted by Gasteiger charge is 2.23. The van der Waals surface area contributed by atoms with Gasteiger partial charge in [-0.15, -0.1) is 0 Å². The lowest BCUT2D eigenvalue weighted by Crippen LogP contribution is -2.08. The van der Waals surface area contributed by atoms with Crippen LogP contribution in [0.25, 0.3) is 0 Å². The Bertz CT molecular complexity index is 346. The Hall–Kier alpha value is -0.310. The van der Waals surface area contributed by atoms with Gasteiger partial charge in [-0.2, -0.15) is 5.10 Å². The third kappa shape index (κ3) is 2.68. The van der Waals surface area contributed by atoms with Crippen LogP contribution in [-0.2, 0) is 19.4 Å². The van der Waals surface area contributed by atoms with Gasteiger partial charge < -0.3 is 0 Å². The Kier molecular flexibility index (Phi) is 4.06. The molecule has 0 radical (unpaired) electrons. The molecule has 0 N–H and O–H groups in total. The Labute approximate surface area is 107 Å². The van der Waals surface area contributed by atoms with E-state index in [-0.39, 0.29) is 0 Å². The molecule has 0 aromatic carbocycles. The Morgan fingerprint density at radius 1 is 1.44 bits per heavy atom. The zero-order valence-electron chi connectivity index (χ0n) is 10.2. The van der Waals surface area contributed by atoms with Crippen LogP contribution in [0.5, 0.6) is 0 Å². The Morgan fingerprint density at radius 2 is 2.25 bits per heavy atom. The summed E-state index contributed by atoms with van der Waals surface area (Å²) in [6.07, 6.45) is 6.29. The number of hydrogen-bond acceptors (Lipinski definition) is 1. The molecule has 1 aromatic heterocycles. The fourth-order valence-corrected chi connectivity index (χ4v) is 3.41. The molecular weight excluding hydrogens is 264 g/mol. The molecule has 90 valence electrons. The van der Waals surface area contributed by atoms with E-state index in [2.05, 4.69) is 45.6 Å². The summed E-state index contributed by atoms with van der Waals surface area (Å²) in [6.45, 7) is 5.36. The predicted octanol–water partition coefficient (Wildman–Crippen LogP) is 3.57. The lowest BCUT2D eigenvalue weighted by Gasteiger charge is -2.10. The van der Waals surface area contributed by atoms with Crippen molar-refractivity contribution in [2.75, 3.05) is 0 Å². The molecule has 0 saturated heterocycles. The van der Waals surface area contributed by atoms with Crippen LogP contribution in [0.15, 0.2) is 6.07 Å². The molecule has 1 saturated carbocycles. The van der Waals surface area contributed by atoms with E-state index in [0.717, 1.165) is 23.7 Å². The molecule has 1 aliphatic carbocycles. The summed E-state index contributed by atoms with van der Waals surface area (Å²) in [5.41, 5.74) is 2.68. The maximum absolute atomic E-state index is 4.61. The highest BCUT2D eigenvalue weighted by Crippen LogP contribution is 2.33. The molecule has 1 fully saturated rings. The van der Waals surface area contributed by atoms with Crippen molar-refractivity contribution in [1.82, 2.24) is 9.78 Å². The zero-order valence-corrected chi connectivity index (χ0v) is 11.8. The van der Waals surface area contributed by atoms with Crippen LogP contribution >= 0.6 is 15.9 Å². The summed E-state index contributed by atoms with van der Waals surface area (Å²) in [5, 5.41) is 4.61. The smallest absolute Gasteiger partial charge is 0.0624 e. The largest absolute Gasteiger partial charge is 0.270 e. The van der Waals surface area contributed by atoms with Gasteiger partial charge in [-0.05, 0) is 51.0 Å². The minimum absolute atomic E-state index is 0.751. The monoisotopic (exact) mass is 284 g/mol. The molecule has 1 aromatic rings. The van der Waals surface area contributed by atoms with Gasteiger partial charge in [0, 0.05) is 17.1 Å². The van der Waals surface area contributed by atoms with E-state index >= 15 is 0 Å². The first-order valence-electron chi connectivity index (χ1n) is 6.42. The zero-order chi connectivity index (χ0) is 11.5. The molecule has 2 unspecified atom stereocenters. The first kappa shape index (κ1) is 12.2. The lowest BCUT2D eigenvalue weighted by molar-refractivity contribution is 0.508. The number of rotatable bonds is 4. The molecule has 1 heterocycles. The van der Waals surface area contributed by atoms with Gasteiger partial charge in [0.25, 0.3) is 0 Å². The van der Waals surface area contributed by atoms with Crippen molar-refractivity contribution in [2.45, 2.75) is 57.3 Å². The standard InChI is InChI=1S/C13H21BrN2/c1-3-12-9-13(16(4-2)15-12)8-10-5-6-11(14)7-10/h9-11H,3-8H2,1-2H3. The van der Waals surface area contributed by atoms with E-state index in [0.29, 0.717) is 0 Å². The van der Waals surface area contributed by atoms with Crippen LogP contribution in [0.3, 0.4) is 0 Å². The maximum Gasteiger partial charge on any atom is 0.0624 e. The molecule has 1 aliphatic rings. The number of hydrogen-bond donors (Lipinski definition) is 0. The van der Waals surface area contributed by atoms with E-state index < -0.39 is 0 Å². The third-order valence-electron chi connectivity index (χ3n) is 3.55. The summed E-state index contributed by atoms with van der Waals surface area (Å²) in [7, 11) is 0. The fraction of sp³-hybridized carbons (Fsp3) is 0.769. The number of aromatic nitrogens is 2. The topological polar surface area (TPSA) is 17.8 Å². The second kappa shape index (κ2) is 5.35. The Balaban J connectivity index is 2.05. The van der Waals surface area contributed by atoms with Gasteiger partial charge in [0.15, 0.2) is 0 Å². The number of nitrogens with zero attached hydrogens (tertiary/aromatic N) is 2. The van der Waals surface area contributed by atoms with E-state index in [9.17, 15) is 0 Å². The van der Waals surface area contributed by atoms with Crippen molar-refractivity contribution >= 4 is 15.9 Å². The normalized spacial score (nSPS) is 25.2. The Morgan fingerprint density at radius 3 is 2.81 bits per heavy atom. The van der Waals surface area contributed by atoms with Crippen LogP contribution in [0.2, 0.25) is 0 Å². The van der Waals surface area contributed by atoms with Gasteiger partial charge in [0.2, 0.25) is 0 Å². The van der Waals surface area contributed by atoms with Crippen molar-refractivity contribution < 1.29 is 0 Å². The second-order valence-electron chi connectivity index (χ2n) is 4.78. The minimum atomic E-state index is 0.751. The van der Waals surface area contributed by atoms with Crippen LogP contribution < -0.4 is 0 Å². The first-order valence-corrected chi connectivity index (χ1v) is 7.34. The van der Waals surface area contributed by atoms with Gasteiger partial charge in [-0.3, -0.25) is 4.68 Å². The van der Waals surface area contributed by atoms with Gasteiger partial charge in [-0.25, -0.2) is 0 Å². The van der Waals surface area contributed by atoms with E-state index in [1.165, 1.54) is 37.1 Å². The summed E-state index contributed by atoms with van der Waals surface area (Å²) < 4.78 is 2.18. The molecule has 3 heteroatoms. The molecule has 2 rings (SSSR count). The summed E-state index contributed by atoms with van der Waals surface area (Å²) >= 11 is 3.72. The van der Waals surface area contributed by atoms with Crippen LogP contribution in [0, 0.1) is 5.92 Å². The third-order valence-corrected chi connectivity index (χ3v) is 4.38. The van der Waals surface area contributed by atoms with Crippen molar-refractivity contribution in [2.24, 2.45) is 5.92 Å². The summed E-state index contributed by atoms with van der Waals surface area (Å²) in [5.74, 6) is 0.857. The number of halogens is 1. The van der Waals surface area contributed by atoms with Gasteiger partial charge in [0.05, 0.1) is 5.69 Å². The molecule has 0 spiro atoms. The first-order chi connectivity index (χ1) is 7.72. The summed E-state index contributed by atoms with van der Waals surface area (Å²) in [6, 6.07) is 2.30. The maximum atomic E-state index is 4.61. The number of aryl methyl sites for hydroxylation is 2. The molecule has 2 nitrogen and oxygen atoms in total. The summed E-state index contributed by atoms with van der Waals surface area (Å²) in [4.78, 5) is 0.751. The van der Waals surface area contributed by atoms with E-state index in [1.807, 2.05) is 0 Å². The van der Waals surface area contributed by atoms with Gasteiger partial charge in [0.1, 0.15) is 0 Å². The molecule has 16 heavy (non-hydrogen) atoms. The van der Waals surface area contributed by atoms with Crippen LogP contribution in [0.1, 0.15) is 44.5 Å². The van der Waals surface area contributed by atoms with Crippen LogP contribution in [-0.4, -0.2) is 14.6 Å². The van der Waals surface area contributed by atoms with E-state index in [4.69, 9.17) is 0 Å². The van der Waals surface area contributed by atoms with Crippen molar-refractivity contribution in [3.8, 4) is 0 Å². The van der Waals surface area contributed by atoms with Crippen LogP contribution in [0.4, 0.5) is 0 Å². The second-order valence-corrected chi connectivity index (χ2v) is 6.07. The van der Waals surface area contributed by atoms with Crippen molar-refractivity contribution in [1.29, 1.82) is 0 Å². The molecular formula is C13H21BrN2. The average Bonchev–Trinajstić information content (AvgIpc) is 2.85. The molecule has 0 amide bonds. The highest BCUT2D eigenvalue weighted by molar-refractivity contribution is 9.09. The SMILES string of the molecule is CCc1cc(CC2CCC(Br)C2)n(CC)n1. The minimum Gasteiger partial charge on any atom is -0.270 e. The van der Waals surface area contributed by atoms with Crippen molar-refractivity contribution in [3.63, 3.8) is 0 Å².